The standard InChI is InChI=1S/C12H21N3O2S/c1-9(2)13-6-11-7-14-15(10(11)3)12-4-5-18(16,17)8-12/h7,9,12-13H,4-6,8H2,1-3H3. The zero-order valence-corrected chi connectivity index (χ0v) is 12.0. The molecule has 0 saturated carbocycles. The monoisotopic (exact) mass is 271 g/mol. The first kappa shape index (κ1) is 13.5. The van der Waals surface area contributed by atoms with E-state index in [1.165, 1.54) is 0 Å². The van der Waals surface area contributed by atoms with Crippen molar-refractivity contribution >= 4 is 9.84 Å². The van der Waals surface area contributed by atoms with Crippen LogP contribution in [0, 0.1) is 6.92 Å². The average Bonchev–Trinajstić information content (AvgIpc) is 2.79. The quantitative estimate of drug-likeness (QED) is 0.889. The summed E-state index contributed by atoms with van der Waals surface area (Å²) in [7, 11) is -2.85. The fourth-order valence-corrected chi connectivity index (χ4v) is 3.98. The highest BCUT2D eigenvalue weighted by Crippen LogP contribution is 2.25. The maximum atomic E-state index is 11.5. The third-order valence-electron chi connectivity index (χ3n) is 3.40. The summed E-state index contributed by atoms with van der Waals surface area (Å²) >= 11 is 0. The van der Waals surface area contributed by atoms with E-state index in [0.29, 0.717) is 12.5 Å². The van der Waals surface area contributed by atoms with Gasteiger partial charge in [-0.2, -0.15) is 5.10 Å². The number of nitrogens with zero attached hydrogens (tertiary/aromatic N) is 2. The second kappa shape index (κ2) is 5.01. The minimum Gasteiger partial charge on any atom is -0.310 e. The van der Waals surface area contributed by atoms with Crippen molar-refractivity contribution in [2.24, 2.45) is 0 Å². The molecule has 0 spiro atoms. The fraction of sp³-hybridized carbons (Fsp3) is 0.750. The number of aromatic nitrogens is 2. The second-order valence-corrected chi connectivity index (χ2v) is 7.52. The molecule has 102 valence electrons. The van der Waals surface area contributed by atoms with E-state index in [1.807, 2.05) is 17.8 Å². The molecule has 0 radical (unpaired) electrons. The van der Waals surface area contributed by atoms with Gasteiger partial charge in [-0.25, -0.2) is 8.42 Å². The first-order chi connectivity index (χ1) is 8.39. The van der Waals surface area contributed by atoms with E-state index in [-0.39, 0.29) is 17.5 Å². The Hall–Kier alpha value is -0.880. The first-order valence-corrected chi connectivity index (χ1v) is 8.18. The molecule has 5 nitrogen and oxygen atoms in total. The molecule has 1 unspecified atom stereocenters. The molecule has 1 saturated heterocycles. The smallest absolute Gasteiger partial charge is 0.152 e. The van der Waals surface area contributed by atoms with Crippen LogP contribution in [0.4, 0.5) is 0 Å². The van der Waals surface area contributed by atoms with E-state index in [1.54, 1.807) is 0 Å². The number of hydrogen-bond acceptors (Lipinski definition) is 4. The van der Waals surface area contributed by atoms with Gasteiger partial charge in [0.1, 0.15) is 0 Å². The Morgan fingerprint density at radius 3 is 2.83 bits per heavy atom. The largest absolute Gasteiger partial charge is 0.310 e. The van der Waals surface area contributed by atoms with Crippen molar-refractivity contribution < 1.29 is 8.42 Å². The van der Waals surface area contributed by atoms with Crippen molar-refractivity contribution in [3.63, 3.8) is 0 Å². The summed E-state index contributed by atoms with van der Waals surface area (Å²) in [5.74, 6) is 0.517. The number of sulfone groups is 1. The summed E-state index contributed by atoms with van der Waals surface area (Å²) in [4.78, 5) is 0. The molecule has 1 atom stereocenters. The molecule has 2 rings (SSSR count). The Morgan fingerprint density at radius 2 is 2.28 bits per heavy atom. The van der Waals surface area contributed by atoms with Crippen molar-refractivity contribution in [2.75, 3.05) is 11.5 Å². The van der Waals surface area contributed by atoms with Crippen molar-refractivity contribution in [1.29, 1.82) is 0 Å². The van der Waals surface area contributed by atoms with Crippen LogP contribution in [0.15, 0.2) is 6.20 Å². The molecule has 0 aromatic carbocycles. The zero-order valence-electron chi connectivity index (χ0n) is 11.2. The Labute approximate surface area is 108 Å². The van der Waals surface area contributed by atoms with Crippen LogP contribution < -0.4 is 5.32 Å². The highest BCUT2D eigenvalue weighted by molar-refractivity contribution is 7.91. The predicted molar refractivity (Wildman–Crippen MR) is 71.2 cm³/mol. The summed E-state index contributed by atoms with van der Waals surface area (Å²) < 4.78 is 24.9. The van der Waals surface area contributed by atoms with Gasteiger partial charge in [0.25, 0.3) is 0 Å². The minimum atomic E-state index is -2.85. The third kappa shape index (κ3) is 2.92. The van der Waals surface area contributed by atoms with Gasteiger partial charge in [-0.1, -0.05) is 13.8 Å². The van der Waals surface area contributed by atoms with Crippen LogP contribution in [0.25, 0.3) is 0 Å². The van der Waals surface area contributed by atoms with Gasteiger partial charge < -0.3 is 5.32 Å². The van der Waals surface area contributed by atoms with Gasteiger partial charge in [-0.05, 0) is 13.3 Å². The van der Waals surface area contributed by atoms with Crippen LogP contribution in [-0.2, 0) is 16.4 Å². The Morgan fingerprint density at radius 1 is 1.56 bits per heavy atom. The lowest BCUT2D eigenvalue weighted by Gasteiger charge is -2.12. The molecule has 1 aromatic heterocycles. The van der Waals surface area contributed by atoms with Crippen molar-refractivity contribution in [3.8, 4) is 0 Å². The third-order valence-corrected chi connectivity index (χ3v) is 5.15. The predicted octanol–water partition coefficient (Wildman–Crippen LogP) is 1.05. The normalized spacial score (nSPS) is 22.8. The molecular weight excluding hydrogens is 250 g/mol. The van der Waals surface area contributed by atoms with Crippen LogP contribution in [0.1, 0.15) is 37.6 Å². The van der Waals surface area contributed by atoms with Crippen molar-refractivity contribution in [3.05, 3.63) is 17.5 Å². The van der Waals surface area contributed by atoms with Crippen LogP contribution in [0.5, 0.6) is 0 Å². The molecule has 0 amide bonds. The zero-order chi connectivity index (χ0) is 13.3. The minimum absolute atomic E-state index is 0.0165. The Balaban J connectivity index is 2.11. The van der Waals surface area contributed by atoms with Gasteiger partial charge in [-0.15, -0.1) is 0 Å². The highest BCUT2D eigenvalue weighted by Gasteiger charge is 2.30. The fourth-order valence-electron chi connectivity index (χ4n) is 2.28. The van der Waals surface area contributed by atoms with Crippen molar-refractivity contribution in [2.45, 2.75) is 45.8 Å². The molecule has 18 heavy (non-hydrogen) atoms. The van der Waals surface area contributed by atoms with E-state index in [9.17, 15) is 8.42 Å². The van der Waals surface area contributed by atoms with Gasteiger partial charge in [-0.3, -0.25) is 4.68 Å². The van der Waals surface area contributed by atoms with E-state index in [4.69, 9.17) is 0 Å². The van der Waals surface area contributed by atoms with Crippen molar-refractivity contribution in [1.82, 2.24) is 15.1 Å². The summed E-state index contributed by atoms with van der Waals surface area (Å²) in [6.45, 7) is 6.99. The molecule has 1 aliphatic rings. The van der Waals surface area contributed by atoms with E-state index in [0.717, 1.165) is 17.8 Å². The van der Waals surface area contributed by atoms with Gasteiger partial charge in [0.05, 0.1) is 23.7 Å². The van der Waals surface area contributed by atoms with E-state index >= 15 is 0 Å². The van der Waals surface area contributed by atoms with Gasteiger partial charge in [0.2, 0.25) is 0 Å². The molecule has 6 heteroatoms. The molecule has 1 N–H and O–H groups in total. The Kier molecular flexibility index (Phi) is 3.77. The molecule has 2 heterocycles. The van der Waals surface area contributed by atoms with Crippen LogP contribution in [0.3, 0.4) is 0 Å². The van der Waals surface area contributed by atoms with Crippen LogP contribution >= 0.6 is 0 Å². The number of nitrogens with one attached hydrogen (secondary N) is 1. The topological polar surface area (TPSA) is 64.0 Å². The van der Waals surface area contributed by atoms with Crippen LogP contribution in [0.2, 0.25) is 0 Å². The molecular formula is C12H21N3O2S. The second-order valence-electron chi connectivity index (χ2n) is 5.29. The van der Waals surface area contributed by atoms with Gasteiger partial charge >= 0.3 is 0 Å². The van der Waals surface area contributed by atoms with E-state index in [2.05, 4.69) is 24.3 Å². The number of hydrogen-bond donors (Lipinski definition) is 1. The summed E-state index contributed by atoms with van der Waals surface area (Å²) in [5, 5.41) is 7.70. The maximum Gasteiger partial charge on any atom is 0.152 e. The van der Waals surface area contributed by atoms with Gasteiger partial charge in [0, 0.05) is 23.8 Å². The molecule has 1 aliphatic heterocycles. The molecule has 1 fully saturated rings. The lowest BCUT2D eigenvalue weighted by atomic mass is 10.2. The lowest BCUT2D eigenvalue weighted by molar-refractivity contribution is 0.486. The highest BCUT2D eigenvalue weighted by atomic mass is 32.2. The van der Waals surface area contributed by atoms with Crippen LogP contribution in [-0.4, -0.2) is 35.7 Å². The summed E-state index contributed by atoms with van der Waals surface area (Å²) in [6.07, 6.45) is 2.53. The SMILES string of the molecule is Cc1c(CNC(C)C)cnn1C1CCS(=O)(=O)C1. The maximum absolute atomic E-state index is 11.5. The molecule has 0 bridgehead atoms. The summed E-state index contributed by atoms with van der Waals surface area (Å²) in [6, 6.07) is 0.447. The van der Waals surface area contributed by atoms with Gasteiger partial charge in [0.15, 0.2) is 9.84 Å². The summed E-state index contributed by atoms with van der Waals surface area (Å²) in [5.41, 5.74) is 2.22. The lowest BCUT2D eigenvalue weighted by Crippen LogP contribution is -2.22. The average molecular weight is 271 g/mol. The first-order valence-electron chi connectivity index (χ1n) is 6.36. The Bertz CT molecular complexity index is 519. The number of rotatable bonds is 4. The molecule has 0 aliphatic carbocycles. The van der Waals surface area contributed by atoms with E-state index < -0.39 is 9.84 Å². The molecule has 1 aromatic rings.